The van der Waals surface area contributed by atoms with Gasteiger partial charge in [-0.2, -0.15) is 0 Å². The van der Waals surface area contributed by atoms with E-state index in [9.17, 15) is 28.8 Å². The lowest BCUT2D eigenvalue weighted by molar-refractivity contribution is -0.138. The van der Waals surface area contributed by atoms with Gasteiger partial charge in [0.1, 0.15) is 5.84 Å². The summed E-state index contributed by atoms with van der Waals surface area (Å²) in [6, 6.07) is 6.81. The van der Waals surface area contributed by atoms with Crippen LogP contribution in [0.4, 0.5) is 11.4 Å². The normalized spacial score (nSPS) is 17.9. The summed E-state index contributed by atoms with van der Waals surface area (Å²) in [7, 11) is 0. The van der Waals surface area contributed by atoms with Crippen molar-refractivity contribution in [2.45, 2.75) is 78.2 Å². The number of fused-ring (bicyclic) bond motifs is 1. The lowest BCUT2D eigenvalue weighted by Crippen LogP contribution is -2.38. The minimum Gasteiger partial charge on any atom is -0.387 e. The fraction of sp³-hybridized carbons (Fsp3) is 0.450. The van der Waals surface area contributed by atoms with Crippen LogP contribution < -0.4 is 21.7 Å². The molecule has 1 aliphatic carbocycles. The molecule has 1 fully saturated rings. The first-order chi connectivity index (χ1) is 26.0. The number of carbonyl (C=O) groups excluding carboxylic acids is 6. The number of aromatic nitrogens is 1. The molecule has 14 nitrogen and oxygen atoms in total. The summed E-state index contributed by atoms with van der Waals surface area (Å²) < 4.78 is 0. The third kappa shape index (κ3) is 10.7. The fourth-order valence-corrected chi connectivity index (χ4v) is 6.95. The van der Waals surface area contributed by atoms with E-state index in [0.717, 1.165) is 25.7 Å². The highest BCUT2D eigenvalue weighted by Crippen LogP contribution is 2.31. The number of carbonyl (C=O) groups is 6. The summed E-state index contributed by atoms with van der Waals surface area (Å²) in [6.45, 7) is 6.39. The zero-order valence-corrected chi connectivity index (χ0v) is 31.1. The molecule has 14 heteroatoms. The quantitative estimate of drug-likeness (QED) is 0.146. The van der Waals surface area contributed by atoms with Crippen LogP contribution in [-0.2, 0) is 30.5 Å². The molecule has 6 amide bonds. The predicted octanol–water partition coefficient (Wildman–Crippen LogP) is 4.00. The van der Waals surface area contributed by atoms with E-state index in [-0.39, 0.29) is 66.7 Å². The summed E-state index contributed by atoms with van der Waals surface area (Å²) in [4.78, 5) is 87.2. The third-order valence-corrected chi connectivity index (χ3v) is 9.79. The number of nitrogens with zero attached hydrogens (tertiary/aromatic N) is 4. The van der Waals surface area contributed by atoms with Crippen LogP contribution in [0, 0.1) is 11.8 Å². The Morgan fingerprint density at radius 3 is 2.37 bits per heavy atom. The van der Waals surface area contributed by atoms with Crippen LogP contribution in [0.1, 0.15) is 93.1 Å². The molecule has 0 saturated heterocycles. The van der Waals surface area contributed by atoms with Gasteiger partial charge in [-0.15, -0.1) is 0 Å². The van der Waals surface area contributed by atoms with Gasteiger partial charge in [0.25, 0.3) is 17.7 Å². The maximum atomic E-state index is 13.3. The van der Waals surface area contributed by atoms with Crippen molar-refractivity contribution < 1.29 is 28.8 Å². The van der Waals surface area contributed by atoms with Crippen molar-refractivity contribution in [1.82, 2.24) is 25.4 Å². The van der Waals surface area contributed by atoms with Crippen molar-refractivity contribution in [3.05, 3.63) is 71.1 Å². The maximum Gasteiger partial charge on any atom is 0.255 e. The van der Waals surface area contributed by atoms with Crippen LogP contribution in [0.3, 0.4) is 0 Å². The van der Waals surface area contributed by atoms with Crippen LogP contribution in [0.15, 0.2) is 59.4 Å². The van der Waals surface area contributed by atoms with Gasteiger partial charge in [-0.05, 0) is 80.7 Å². The van der Waals surface area contributed by atoms with Gasteiger partial charge < -0.3 is 26.6 Å². The Bertz CT molecular complexity index is 1820. The summed E-state index contributed by atoms with van der Waals surface area (Å²) in [5.41, 5.74) is 9.49. The highest BCUT2D eigenvalue weighted by molar-refractivity contribution is 6.13. The number of benzene rings is 1. The molecule has 0 spiro atoms. The number of pyridine rings is 1. The number of nitrogens with one attached hydrogen (secondary N) is 3. The molecular weight excluding hydrogens is 688 g/mol. The molecular formula is C40H50N8O6. The van der Waals surface area contributed by atoms with E-state index < -0.39 is 0 Å². The number of imide groups is 1. The Kier molecular flexibility index (Phi) is 13.8. The highest BCUT2D eigenvalue weighted by atomic mass is 16.2. The Labute approximate surface area is 315 Å². The minimum absolute atomic E-state index is 0.0318. The van der Waals surface area contributed by atoms with Crippen molar-refractivity contribution in [2.24, 2.45) is 22.6 Å². The molecule has 1 saturated carbocycles. The van der Waals surface area contributed by atoms with Crippen LogP contribution in [0.5, 0.6) is 0 Å². The number of anilines is 1. The predicted molar refractivity (Wildman–Crippen MR) is 205 cm³/mol. The number of hydrogen-bond donors (Lipinski definition) is 4. The molecule has 2 aromatic rings. The first-order valence-corrected chi connectivity index (χ1v) is 18.8. The second kappa shape index (κ2) is 18.9. The average Bonchev–Trinajstić information content (AvgIpc) is 3.37. The van der Waals surface area contributed by atoms with Gasteiger partial charge in [-0.1, -0.05) is 19.9 Å². The van der Waals surface area contributed by atoms with Crippen molar-refractivity contribution in [3.63, 3.8) is 0 Å². The second-order valence-corrected chi connectivity index (χ2v) is 14.1. The summed E-state index contributed by atoms with van der Waals surface area (Å²) in [5, 5.41) is 8.64. The Morgan fingerprint density at radius 1 is 0.944 bits per heavy atom. The third-order valence-electron chi connectivity index (χ3n) is 9.79. The molecule has 0 unspecified atom stereocenters. The molecule has 3 aliphatic rings. The van der Waals surface area contributed by atoms with E-state index in [1.54, 1.807) is 36.5 Å². The molecule has 1 aromatic carbocycles. The number of aliphatic imine (C=N–C) groups is 1. The zero-order valence-electron chi connectivity index (χ0n) is 31.1. The van der Waals surface area contributed by atoms with Gasteiger partial charge in [0, 0.05) is 86.5 Å². The minimum atomic E-state index is -0.376. The van der Waals surface area contributed by atoms with E-state index in [1.807, 2.05) is 18.7 Å². The van der Waals surface area contributed by atoms with Gasteiger partial charge in [-0.3, -0.25) is 38.7 Å². The number of nitrogens with two attached hydrogens (primary N) is 1. The van der Waals surface area contributed by atoms with Crippen molar-refractivity contribution in [1.29, 1.82) is 0 Å². The van der Waals surface area contributed by atoms with Crippen molar-refractivity contribution >= 4 is 58.7 Å². The molecule has 5 N–H and O–H groups in total. The van der Waals surface area contributed by atoms with E-state index >= 15 is 0 Å². The lowest BCUT2D eigenvalue weighted by atomic mass is 9.81. The number of rotatable bonds is 16. The first kappa shape index (κ1) is 39.5. The van der Waals surface area contributed by atoms with E-state index in [0.29, 0.717) is 84.9 Å². The summed E-state index contributed by atoms with van der Waals surface area (Å²) in [6.07, 6.45) is 13.1. The molecule has 0 bridgehead atoms. The van der Waals surface area contributed by atoms with Crippen LogP contribution >= 0.6 is 0 Å². The van der Waals surface area contributed by atoms with Crippen LogP contribution in [0.25, 0.3) is 6.08 Å². The van der Waals surface area contributed by atoms with Gasteiger partial charge in [-0.25, -0.2) is 4.99 Å². The molecule has 0 atom stereocenters. The Hall–Kier alpha value is -5.66. The molecule has 2 aliphatic heterocycles. The fourth-order valence-electron chi connectivity index (χ4n) is 6.95. The van der Waals surface area contributed by atoms with Gasteiger partial charge in [0.15, 0.2) is 0 Å². The highest BCUT2D eigenvalue weighted by Gasteiger charge is 2.31. The number of hydrogen-bond acceptors (Lipinski definition) is 9. The maximum absolute atomic E-state index is 13.3. The Balaban J connectivity index is 1.04. The smallest absolute Gasteiger partial charge is 0.255 e. The number of amidine groups is 1. The molecule has 0 radical (unpaired) electrons. The van der Waals surface area contributed by atoms with Gasteiger partial charge in [0.2, 0.25) is 17.7 Å². The Morgan fingerprint density at radius 2 is 1.67 bits per heavy atom. The van der Waals surface area contributed by atoms with Gasteiger partial charge in [0.05, 0.1) is 17.6 Å². The molecule has 5 rings (SSSR count). The van der Waals surface area contributed by atoms with E-state index in [2.05, 4.69) is 25.9 Å². The van der Waals surface area contributed by atoms with Crippen molar-refractivity contribution in [2.75, 3.05) is 31.5 Å². The SMILES string of the molecule is CCCN(CCC)C(=O)C1=Cc2ccc(C(=O)Nc3cncc(CNC(=O)CCCNC(=O)C4CCC(CN5C(=O)C=CC5=O)CC4)c3)cc2N=C(N)C1. The van der Waals surface area contributed by atoms with Crippen molar-refractivity contribution in [3.8, 4) is 0 Å². The molecule has 1 aromatic heterocycles. The first-order valence-electron chi connectivity index (χ1n) is 18.8. The van der Waals surface area contributed by atoms with Gasteiger partial charge >= 0.3 is 0 Å². The monoisotopic (exact) mass is 738 g/mol. The zero-order chi connectivity index (χ0) is 38.6. The molecule has 3 heterocycles. The largest absolute Gasteiger partial charge is 0.387 e. The summed E-state index contributed by atoms with van der Waals surface area (Å²) in [5.74, 6) is -0.807. The molecule has 286 valence electrons. The van der Waals surface area contributed by atoms with E-state index in [1.165, 1.54) is 23.2 Å². The lowest BCUT2D eigenvalue weighted by Gasteiger charge is -2.30. The number of amides is 6. The van der Waals surface area contributed by atoms with E-state index in [4.69, 9.17) is 5.73 Å². The topological polar surface area (TPSA) is 196 Å². The summed E-state index contributed by atoms with van der Waals surface area (Å²) >= 11 is 0. The average molecular weight is 739 g/mol. The van der Waals surface area contributed by atoms with Crippen LogP contribution in [-0.4, -0.2) is 82.2 Å². The molecule has 54 heavy (non-hydrogen) atoms. The standard InChI is InChI=1S/C40H50N8O6/c1-3-16-47(17-4-2)40(54)31-19-29-11-12-30(20-33(29)46-34(41)21-31)39(53)45-32-18-27(22-42-24-32)23-44-35(49)6-5-15-43-38(52)28-9-7-26(8-10-28)25-48-36(50)13-14-37(48)51/h11-14,18-20,22,24,26,28H,3-10,15-17,21,23,25H2,1-2H3,(H2,41,46)(H,43,52)(H,44,49)(H,45,53). The van der Waals surface area contributed by atoms with Crippen LogP contribution in [0.2, 0.25) is 0 Å². The second-order valence-electron chi connectivity index (χ2n) is 14.1.